The fraction of sp³-hybridized carbons (Fsp3) is 0.0577. The van der Waals surface area contributed by atoms with Gasteiger partial charge in [-0.3, -0.25) is 4.98 Å². The minimum absolute atomic E-state index is 0.140. The summed E-state index contributed by atoms with van der Waals surface area (Å²) in [5.74, 6) is 0. The number of thiophene rings is 1. The second kappa shape index (κ2) is 11.8. The van der Waals surface area contributed by atoms with Crippen LogP contribution in [0.2, 0.25) is 0 Å². The predicted molar refractivity (Wildman–Crippen MR) is 231 cm³/mol. The van der Waals surface area contributed by atoms with Gasteiger partial charge in [0.25, 0.3) is 0 Å². The highest BCUT2D eigenvalue weighted by molar-refractivity contribution is 7.26. The van der Waals surface area contributed by atoms with Crippen molar-refractivity contribution in [3.05, 3.63) is 187 Å². The lowest BCUT2D eigenvalue weighted by Crippen LogP contribution is -2.15. The first-order valence-electron chi connectivity index (χ1n) is 18.7. The molecule has 0 bridgehead atoms. The number of fused-ring (bicyclic) bond motifs is 9. The molecule has 0 N–H and O–H groups in total. The van der Waals surface area contributed by atoms with Crippen LogP contribution in [0.3, 0.4) is 0 Å². The van der Waals surface area contributed by atoms with Gasteiger partial charge in [0.1, 0.15) is 0 Å². The van der Waals surface area contributed by atoms with Gasteiger partial charge in [-0.15, -0.1) is 11.3 Å². The van der Waals surface area contributed by atoms with Crippen LogP contribution in [-0.4, -0.2) is 4.98 Å². The first-order valence-corrected chi connectivity index (χ1v) is 19.5. The average Bonchev–Trinajstić information content (AvgIpc) is 3.71. The first kappa shape index (κ1) is 31.2. The standard InChI is InChI=1S/C52H35NS/c1-52(2)45-25-24-43-38-22-20-36(34-26-28-53-29-27-34)31-47(38)54-51(43)50(45)44-23-21-37(30-46(44)52)49-41-14-8-6-12-39(41)48(40-13-7-9-15-42(40)49)35-18-16-33(17-19-35)32-10-4-3-5-11-32/h3-31H,1-2H3. The van der Waals surface area contributed by atoms with Gasteiger partial charge in [-0.2, -0.15) is 0 Å². The number of nitrogens with zero attached hydrogens (tertiary/aromatic N) is 1. The van der Waals surface area contributed by atoms with Crippen LogP contribution in [0.4, 0.5) is 0 Å². The Morgan fingerprint density at radius 2 is 0.926 bits per heavy atom. The molecule has 254 valence electrons. The Morgan fingerprint density at radius 1 is 0.389 bits per heavy atom. The first-order chi connectivity index (χ1) is 26.5. The molecule has 2 heteroatoms. The molecule has 10 aromatic rings. The van der Waals surface area contributed by atoms with Crippen LogP contribution in [0.15, 0.2) is 176 Å². The van der Waals surface area contributed by atoms with E-state index in [0.29, 0.717) is 0 Å². The van der Waals surface area contributed by atoms with E-state index < -0.39 is 0 Å². The summed E-state index contributed by atoms with van der Waals surface area (Å²) < 4.78 is 2.70. The molecule has 0 amide bonds. The molecule has 0 atom stereocenters. The molecular formula is C52H35NS. The summed E-state index contributed by atoms with van der Waals surface area (Å²) in [6.07, 6.45) is 3.74. The van der Waals surface area contributed by atoms with Gasteiger partial charge in [0.15, 0.2) is 0 Å². The lowest BCUT2D eigenvalue weighted by molar-refractivity contribution is 0.661. The van der Waals surface area contributed by atoms with Crippen LogP contribution in [0.5, 0.6) is 0 Å². The van der Waals surface area contributed by atoms with Gasteiger partial charge in [-0.05, 0) is 107 Å². The van der Waals surface area contributed by atoms with Crippen molar-refractivity contribution in [2.45, 2.75) is 19.3 Å². The molecule has 0 saturated heterocycles. The molecule has 2 aromatic heterocycles. The van der Waals surface area contributed by atoms with Crippen molar-refractivity contribution < 1.29 is 0 Å². The second-order valence-corrected chi connectivity index (χ2v) is 16.1. The van der Waals surface area contributed by atoms with Crippen LogP contribution >= 0.6 is 11.3 Å². The fourth-order valence-corrected chi connectivity index (χ4v) is 10.4. The minimum Gasteiger partial charge on any atom is -0.265 e. The van der Waals surface area contributed by atoms with Gasteiger partial charge in [0, 0.05) is 43.5 Å². The number of aromatic nitrogens is 1. The number of benzene rings is 8. The average molecular weight is 706 g/mol. The molecule has 0 saturated carbocycles. The minimum atomic E-state index is -0.140. The van der Waals surface area contributed by atoms with Crippen molar-refractivity contribution in [1.29, 1.82) is 0 Å². The van der Waals surface area contributed by atoms with E-state index >= 15 is 0 Å². The monoisotopic (exact) mass is 705 g/mol. The molecule has 0 spiro atoms. The van der Waals surface area contributed by atoms with Crippen LogP contribution < -0.4 is 0 Å². The van der Waals surface area contributed by atoms with Crippen molar-refractivity contribution in [1.82, 2.24) is 4.98 Å². The van der Waals surface area contributed by atoms with Crippen LogP contribution in [-0.2, 0) is 5.41 Å². The second-order valence-electron chi connectivity index (χ2n) is 15.1. The van der Waals surface area contributed by atoms with Crippen LogP contribution in [0.1, 0.15) is 25.0 Å². The van der Waals surface area contributed by atoms with Crippen molar-refractivity contribution in [3.63, 3.8) is 0 Å². The topological polar surface area (TPSA) is 12.9 Å². The van der Waals surface area contributed by atoms with Gasteiger partial charge < -0.3 is 0 Å². The molecule has 1 aliphatic rings. The van der Waals surface area contributed by atoms with E-state index in [-0.39, 0.29) is 5.41 Å². The molecule has 0 aliphatic heterocycles. The Balaban J connectivity index is 1.09. The Labute approximate surface area is 318 Å². The molecule has 1 nitrogen and oxygen atoms in total. The van der Waals surface area contributed by atoms with E-state index in [1.807, 2.05) is 23.7 Å². The van der Waals surface area contributed by atoms with Gasteiger partial charge in [-0.1, -0.05) is 153 Å². The third-order valence-corrected chi connectivity index (χ3v) is 13.0. The molecule has 2 heterocycles. The molecular weight excluding hydrogens is 671 g/mol. The maximum absolute atomic E-state index is 4.23. The predicted octanol–water partition coefficient (Wildman–Crippen LogP) is 14.7. The maximum Gasteiger partial charge on any atom is 0.0437 e. The number of pyridine rings is 1. The molecule has 8 aromatic carbocycles. The summed E-state index contributed by atoms with van der Waals surface area (Å²) in [5, 5.41) is 7.78. The zero-order valence-corrected chi connectivity index (χ0v) is 30.9. The SMILES string of the molecule is CC1(C)c2cc(-c3c4ccccc4c(-c4ccc(-c5ccccc5)cc4)c4ccccc34)ccc2-c2c1ccc1c2sc2cc(-c3ccncc3)ccc21. The molecule has 0 radical (unpaired) electrons. The number of hydrogen-bond acceptors (Lipinski definition) is 2. The molecule has 1 aliphatic carbocycles. The zero-order valence-electron chi connectivity index (χ0n) is 30.1. The van der Waals surface area contributed by atoms with Gasteiger partial charge in [0.2, 0.25) is 0 Å². The highest BCUT2D eigenvalue weighted by Gasteiger charge is 2.37. The van der Waals surface area contributed by atoms with Gasteiger partial charge >= 0.3 is 0 Å². The maximum atomic E-state index is 4.23. The van der Waals surface area contributed by atoms with Crippen molar-refractivity contribution in [2.75, 3.05) is 0 Å². The smallest absolute Gasteiger partial charge is 0.0437 e. The molecule has 0 unspecified atom stereocenters. The van der Waals surface area contributed by atoms with E-state index in [9.17, 15) is 0 Å². The lowest BCUT2D eigenvalue weighted by atomic mass is 9.80. The summed E-state index contributed by atoms with van der Waals surface area (Å²) in [4.78, 5) is 4.23. The summed E-state index contributed by atoms with van der Waals surface area (Å²) in [6.45, 7) is 4.81. The van der Waals surface area contributed by atoms with Crippen LogP contribution in [0.25, 0.3) is 97.4 Å². The highest BCUT2D eigenvalue weighted by Crippen LogP contribution is 2.55. The van der Waals surface area contributed by atoms with Gasteiger partial charge in [0.05, 0.1) is 0 Å². The Hall–Kier alpha value is -6.35. The zero-order chi connectivity index (χ0) is 36.0. The van der Waals surface area contributed by atoms with Gasteiger partial charge in [-0.25, -0.2) is 0 Å². The number of hydrogen-bond donors (Lipinski definition) is 0. The van der Waals surface area contributed by atoms with E-state index in [4.69, 9.17) is 0 Å². The largest absolute Gasteiger partial charge is 0.265 e. The van der Waals surface area contributed by atoms with E-state index in [1.54, 1.807) is 0 Å². The Kier molecular flexibility index (Phi) is 6.84. The third-order valence-electron chi connectivity index (χ3n) is 11.8. The summed E-state index contributed by atoms with van der Waals surface area (Å²) in [5.41, 5.74) is 15.4. The lowest BCUT2D eigenvalue weighted by Gasteiger charge is -2.23. The number of rotatable bonds is 4. The van der Waals surface area contributed by atoms with Crippen LogP contribution in [0, 0.1) is 0 Å². The molecule has 0 fully saturated rings. The van der Waals surface area contributed by atoms with Crippen molar-refractivity contribution in [3.8, 4) is 55.6 Å². The van der Waals surface area contributed by atoms with E-state index in [1.165, 1.54) is 108 Å². The summed E-state index contributed by atoms with van der Waals surface area (Å²) in [7, 11) is 0. The summed E-state index contributed by atoms with van der Waals surface area (Å²) in [6, 6.07) is 60.8. The molecule has 11 rings (SSSR count). The highest BCUT2D eigenvalue weighted by atomic mass is 32.1. The Morgan fingerprint density at radius 3 is 1.61 bits per heavy atom. The summed E-state index contributed by atoms with van der Waals surface area (Å²) >= 11 is 1.93. The van der Waals surface area contributed by atoms with E-state index in [0.717, 1.165) is 0 Å². The normalized spacial score (nSPS) is 13.1. The quantitative estimate of drug-likeness (QED) is 0.166. The fourth-order valence-electron chi connectivity index (χ4n) is 9.14. The molecule has 54 heavy (non-hydrogen) atoms. The van der Waals surface area contributed by atoms with Crippen molar-refractivity contribution >= 4 is 53.1 Å². The van der Waals surface area contributed by atoms with E-state index in [2.05, 4.69) is 183 Å². The third kappa shape index (κ3) is 4.60. The Bertz CT molecular complexity index is 3040. The van der Waals surface area contributed by atoms with Crippen molar-refractivity contribution in [2.24, 2.45) is 0 Å².